The molecule has 14 heavy (non-hydrogen) atoms. The largest absolute Gasteiger partial charge is 0.263 e. The maximum Gasteiger partial charge on any atom is 0.137 e. The highest BCUT2D eigenvalue weighted by Crippen LogP contribution is 2.37. The van der Waals surface area contributed by atoms with Crippen LogP contribution in [0.1, 0.15) is 51.3 Å². The Kier molecular flexibility index (Phi) is 2.85. The fourth-order valence-electron chi connectivity index (χ4n) is 2.47. The molecule has 1 heterocycles. The lowest BCUT2D eigenvalue weighted by molar-refractivity contribution is 0.255. The number of nitrogens with zero attached hydrogens (tertiary/aromatic N) is 2. The lowest BCUT2D eigenvalue weighted by atomic mass is 9.77. The van der Waals surface area contributed by atoms with E-state index in [2.05, 4.69) is 29.0 Å². The van der Waals surface area contributed by atoms with E-state index in [1.165, 1.54) is 25.7 Å². The van der Waals surface area contributed by atoms with Gasteiger partial charge < -0.3 is 0 Å². The van der Waals surface area contributed by atoms with Crippen molar-refractivity contribution < 1.29 is 0 Å². The molecule has 78 valence electrons. The Bertz CT molecular complexity index is 258. The van der Waals surface area contributed by atoms with Crippen molar-refractivity contribution in [2.45, 2.75) is 45.4 Å². The first-order valence-electron chi connectivity index (χ1n) is 5.62. The number of H-pyrrole nitrogens is 1. The van der Waals surface area contributed by atoms with Crippen LogP contribution < -0.4 is 0 Å². The standard InChI is InChI=1S/C11H19N3/c1-8(2)9-3-5-10(6-4-9)11-12-7-13-14-11/h7-10H,3-6H2,1-2H3,(H,12,13,14). The molecule has 1 saturated carbocycles. The highest BCUT2D eigenvalue weighted by Gasteiger charge is 2.25. The quantitative estimate of drug-likeness (QED) is 0.784. The molecular formula is C11H19N3. The summed E-state index contributed by atoms with van der Waals surface area (Å²) in [4.78, 5) is 4.24. The van der Waals surface area contributed by atoms with Gasteiger partial charge in [0.05, 0.1) is 0 Å². The summed E-state index contributed by atoms with van der Waals surface area (Å²) in [5.41, 5.74) is 0. The van der Waals surface area contributed by atoms with Crippen LogP contribution in [0.5, 0.6) is 0 Å². The first-order chi connectivity index (χ1) is 6.77. The van der Waals surface area contributed by atoms with Crippen LogP contribution in [0.4, 0.5) is 0 Å². The summed E-state index contributed by atoms with van der Waals surface area (Å²) in [5, 5.41) is 6.91. The van der Waals surface area contributed by atoms with E-state index in [-0.39, 0.29) is 0 Å². The van der Waals surface area contributed by atoms with Gasteiger partial charge in [-0.3, -0.25) is 5.10 Å². The Morgan fingerprint density at radius 3 is 2.50 bits per heavy atom. The molecule has 0 amide bonds. The molecule has 1 aliphatic carbocycles. The van der Waals surface area contributed by atoms with Gasteiger partial charge in [0.15, 0.2) is 0 Å². The number of nitrogens with one attached hydrogen (secondary N) is 1. The van der Waals surface area contributed by atoms with Gasteiger partial charge in [-0.05, 0) is 37.5 Å². The number of hydrogen-bond acceptors (Lipinski definition) is 2. The van der Waals surface area contributed by atoms with Gasteiger partial charge in [-0.25, -0.2) is 4.98 Å². The van der Waals surface area contributed by atoms with Crippen LogP contribution in [0.15, 0.2) is 6.33 Å². The number of aromatic amines is 1. The van der Waals surface area contributed by atoms with Crippen LogP contribution >= 0.6 is 0 Å². The monoisotopic (exact) mass is 193 g/mol. The third kappa shape index (κ3) is 1.97. The van der Waals surface area contributed by atoms with Gasteiger partial charge in [-0.15, -0.1) is 0 Å². The normalized spacial score (nSPS) is 28.2. The molecule has 0 spiro atoms. The molecule has 0 saturated heterocycles. The summed E-state index contributed by atoms with van der Waals surface area (Å²) in [5.74, 6) is 3.49. The van der Waals surface area contributed by atoms with E-state index in [9.17, 15) is 0 Å². The molecule has 0 bridgehead atoms. The molecule has 0 unspecified atom stereocenters. The maximum atomic E-state index is 4.24. The average Bonchev–Trinajstić information content (AvgIpc) is 2.71. The van der Waals surface area contributed by atoms with E-state index >= 15 is 0 Å². The van der Waals surface area contributed by atoms with Gasteiger partial charge in [-0.1, -0.05) is 13.8 Å². The second-order valence-corrected chi connectivity index (χ2v) is 4.73. The molecule has 1 aromatic heterocycles. The van der Waals surface area contributed by atoms with Crippen LogP contribution in [0, 0.1) is 11.8 Å². The zero-order valence-corrected chi connectivity index (χ0v) is 9.03. The third-order valence-electron chi connectivity index (χ3n) is 3.54. The molecule has 1 aliphatic rings. The minimum absolute atomic E-state index is 0.632. The zero-order chi connectivity index (χ0) is 9.97. The molecule has 1 N–H and O–H groups in total. The van der Waals surface area contributed by atoms with Crippen molar-refractivity contribution in [2.75, 3.05) is 0 Å². The Morgan fingerprint density at radius 1 is 1.29 bits per heavy atom. The Morgan fingerprint density at radius 2 is 2.00 bits per heavy atom. The predicted molar refractivity (Wildman–Crippen MR) is 55.9 cm³/mol. The smallest absolute Gasteiger partial charge is 0.137 e. The van der Waals surface area contributed by atoms with E-state index in [4.69, 9.17) is 0 Å². The molecule has 0 aliphatic heterocycles. The molecule has 3 nitrogen and oxygen atoms in total. The minimum Gasteiger partial charge on any atom is -0.263 e. The van der Waals surface area contributed by atoms with Gasteiger partial charge in [0.2, 0.25) is 0 Å². The van der Waals surface area contributed by atoms with E-state index < -0.39 is 0 Å². The molecule has 1 aromatic rings. The number of rotatable bonds is 2. The highest BCUT2D eigenvalue weighted by atomic mass is 15.2. The zero-order valence-electron chi connectivity index (χ0n) is 9.03. The number of hydrogen-bond donors (Lipinski definition) is 1. The summed E-state index contributed by atoms with van der Waals surface area (Å²) in [7, 11) is 0. The summed E-state index contributed by atoms with van der Waals surface area (Å²) >= 11 is 0. The SMILES string of the molecule is CC(C)C1CCC(c2ncn[nH]2)CC1. The van der Waals surface area contributed by atoms with Crippen molar-refractivity contribution in [1.82, 2.24) is 15.2 Å². The van der Waals surface area contributed by atoms with Crippen LogP contribution in [0.2, 0.25) is 0 Å². The molecule has 0 atom stereocenters. The highest BCUT2D eigenvalue weighted by molar-refractivity contribution is 4.95. The lowest BCUT2D eigenvalue weighted by Gasteiger charge is -2.29. The molecule has 3 heteroatoms. The predicted octanol–water partition coefficient (Wildman–Crippen LogP) is 2.73. The summed E-state index contributed by atoms with van der Waals surface area (Å²) in [6.07, 6.45) is 6.87. The summed E-state index contributed by atoms with van der Waals surface area (Å²) < 4.78 is 0. The Labute approximate surface area is 85.3 Å². The average molecular weight is 193 g/mol. The molecule has 0 radical (unpaired) electrons. The molecule has 1 fully saturated rings. The lowest BCUT2D eigenvalue weighted by Crippen LogP contribution is -2.18. The van der Waals surface area contributed by atoms with Gasteiger partial charge >= 0.3 is 0 Å². The van der Waals surface area contributed by atoms with Gasteiger partial charge in [-0.2, -0.15) is 5.10 Å². The maximum absolute atomic E-state index is 4.24. The topological polar surface area (TPSA) is 41.6 Å². The summed E-state index contributed by atoms with van der Waals surface area (Å²) in [6, 6.07) is 0. The molecular weight excluding hydrogens is 174 g/mol. The van der Waals surface area contributed by atoms with Crippen molar-refractivity contribution in [3.8, 4) is 0 Å². The van der Waals surface area contributed by atoms with Crippen molar-refractivity contribution >= 4 is 0 Å². The van der Waals surface area contributed by atoms with Crippen molar-refractivity contribution in [3.63, 3.8) is 0 Å². The molecule has 2 rings (SSSR count). The van der Waals surface area contributed by atoms with Crippen LogP contribution in [0.25, 0.3) is 0 Å². The van der Waals surface area contributed by atoms with Gasteiger partial charge in [0.25, 0.3) is 0 Å². The second kappa shape index (κ2) is 4.11. The first-order valence-corrected chi connectivity index (χ1v) is 5.62. The first kappa shape index (κ1) is 9.69. The second-order valence-electron chi connectivity index (χ2n) is 4.73. The van der Waals surface area contributed by atoms with E-state index in [0.29, 0.717) is 5.92 Å². The third-order valence-corrected chi connectivity index (χ3v) is 3.54. The van der Waals surface area contributed by atoms with Crippen LogP contribution in [0.3, 0.4) is 0 Å². The van der Waals surface area contributed by atoms with E-state index in [1.807, 2.05) is 0 Å². The molecule has 0 aromatic carbocycles. The fourth-order valence-corrected chi connectivity index (χ4v) is 2.47. The van der Waals surface area contributed by atoms with Gasteiger partial charge in [0.1, 0.15) is 12.2 Å². The van der Waals surface area contributed by atoms with Crippen molar-refractivity contribution in [2.24, 2.45) is 11.8 Å². The van der Waals surface area contributed by atoms with E-state index in [0.717, 1.165) is 17.7 Å². The van der Waals surface area contributed by atoms with Crippen molar-refractivity contribution in [3.05, 3.63) is 12.2 Å². The van der Waals surface area contributed by atoms with E-state index in [1.54, 1.807) is 6.33 Å². The van der Waals surface area contributed by atoms with Crippen LogP contribution in [-0.4, -0.2) is 15.2 Å². The number of aromatic nitrogens is 3. The minimum atomic E-state index is 0.632. The Balaban J connectivity index is 1.90. The summed E-state index contributed by atoms with van der Waals surface area (Å²) in [6.45, 7) is 4.67. The van der Waals surface area contributed by atoms with Crippen LogP contribution in [-0.2, 0) is 0 Å². The Hall–Kier alpha value is -0.860. The van der Waals surface area contributed by atoms with Crippen molar-refractivity contribution in [1.29, 1.82) is 0 Å². The van der Waals surface area contributed by atoms with Gasteiger partial charge in [0, 0.05) is 5.92 Å². The fraction of sp³-hybridized carbons (Fsp3) is 0.818.